The summed E-state index contributed by atoms with van der Waals surface area (Å²) in [6.07, 6.45) is 2.30. The summed E-state index contributed by atoms with van der Waals surface area (Å²) in [7, 11) is 0. The number of hydrogen-bond donors (Lipinski definition) is 0. The van der Waals surface area contributed by atoms with E-state index in [4.69, 9.17) is 0 Å². The van der Waals surface area contributed by atoms with E-state index in [0.29, 0.717) is 0 Å². The van der Waals surface area contributed by atoms with E-state index in [1.165, 1.54) is 50.0 Å². The molecule has 6 rings (SSSR count). The van der Waals surface area contributed by atoms with Gasteiger partial charge in [-0.2, -0.15) is 0 Å². The largest absolute Gasteiger partial charge is 0.316 e. The van der Waals surface area contributed by atoms with Crippen molar-refractivity contribution in [3.63, 3.8) is 0 Å². The average Bonchev–Trinajstić information content (AvgIpc) is 3.09. The fourth-order valence-electron chi connectivity index (χ4n) is 4.42. The first-order valence-corrected chi connectivity index (χ1v) is 9.30. The van der Waals surface area contributed by atoms with Gasteiger partial charge in [0.25, 0.3) is 0 Å². The fourth-order valence-corrected chi connectivity index (χ4v) is 4.42. The molecule has 5 aromatic rings. The van der Waals surface area contributed by atoms with Gasteiger partial charge < -0.3 is 4.57 Å². The van der Waals surface area contributed by atoms with Crippen LogP contribution in [-0.2, 0) is 0 Å². The van der Waals surface area contributed by atoms with Crippen LogP contribution in [0.2, 0.25) is 0 Å². The predicted octanol–water partition coefficient (Wildman–Crippen LogP) is 6.94. The number of benzene rings is 4. The van der Waals surface area contributed by atoms with Crippen molar-refractivity contribution >= 4 is 10.9 Å². The topological polar surface area (TPSA) is 4.93 Å². The Labute approximate surface area is 158 Å². The summed E-state index contributed by atoms with van der Waals surface area (Å²) in [4.78, 5) is 0. The van der Waals surface area contributed by atoms with Gasteiger partial charge in [-0.3, -0.25) is 0 Å². The van der Waals surface area contributed by atoms with Crippen LogP contribution < -0.4 is 0 Å². The van der Waals surface area contributed by atoms with Gasteiger partial charge in [0.05, 0.1) is 5.52 Å². The van der Waals surface area contributed by atoms with E-state index in [1.807, 2.05) is 0 Å². The van der Waals surface area contributed by atoms with Crippen molar-refractivity contribution in [2.75, 3.05) is 0 Å². The van der Waals surface area contributed by atoms with Gasteiger partial charge in [-0.05, 0) is 46.0 Å². The van der Waals surface area contributed by atoms with Crippen molar-refractivity contribution in [1.29, 1.82) is 0 Å². The second kappa shape index (κ2) is 5.46. The average molecular weight is 343 g/mol. The highest BCUT2D eigenvalue weighted by atomic mass is 15.0. The number of aromatic nitrogens is 1. The van der Waals surface area contributed by atoms with Gasteiger partial charge in [-0.25, -0.2) is 0 Å². The van der Waals surface area contributed by atoms with E-state index in [0.717, 1.165) is 0 Å². The third-order valence-electron chi connectivity index (χ3n) is 5.59. The lowest BCUT2D eigenvalue weighted by Gasteiger charge is -2.11. The minimum Gasteiger partial charge on any atom is -0.316 e. The van der Waals surface area contributed by atoms with Crippen LogP contribution in [0, 0.1) is 0 Å². The number of hydrogen-bond acceptors (Lipinski definition) is 0. The lowest BCUT2D eigenvalue weighted by Crippen LogP contribution is -1.92. The molecule has 0 spiro atoms. The molecule has 126 valence electrons. The van der Waals surface area contributed by atoms with E-state index in [2.05, 4.69) is 108 Å². The van der Waals surface area contributed by atoms with Crippen molar-refractivity contribution in [1.82, 2.24) is 4.57 Å². The quantitative estimate of drug-likeness (QED) is 0.304. The zero-order valence-electron chi connectivity index (χ0n) is 14.8. The summed E-state index contributed by atoms with van der Waals surface area (Å²) in [5, 5.41) is 1.33. The molecule has 0 atom stereocenters. The Kier molecular flexibility index (Phi) is 2.95. The van der Waals surface area contributed by atoms with Crippen LogP contribution in [0.3, 0.4) is 0 Å². The molecule has 1 aromatic heterocycles. The number of rotatable bonds is 1. The van der Waals surface area contributed by atoms with Crippen LogP contribution in [0.4, 0.5) is 0 Å². The molecule has 1 heterocycles. The van der Waals surface area contributed by atoms with Crippen LogP contribution >= 0.6 is 0 Å². The van der Waals surface area contributed by atoms with Crippen LogP contribution in [0.25, 0.3) is 50.0 Å². The zero-order chi connectivity index (χ0) is 17.8. The third-order valence-corrected chi connectivity index (χ3v) is 5.59. The number of nitrogens with zero attached hydrogens (tertiary/aromatic N) is 1. The Morgan fingerprint density at radius 3 is 1.59 bits per heavy atom. The zero-order valence-corrected chi connectivity index (χ0v) is 14.8. The van der Waals surface area contributed by atoms with E-state index < -0.39 is 0 Å². The lowest BCUT2D eigenvalue weighted by atomic mass is 9.94. The standard InChI is InChI=1S/C26H17N/c1-2-9-18(10-3-1)27-17-24-22-14-7-5-12-20(22)19-11-4-6-13-21(19)23-15-8-16-25(27)26(23)24/h1-17H. The summed E-state index contributed by atoms with van der Waals surface area (Å²) < 4.78 is 2.32. The van der Waals surface area contributed by atoms with Crippen LogP contribution in [-0.4, -0.2) is 4.57 Å². The van der Waals surface area contributed by atoms with E-state index in [-0.39, 0.29) is 0 Å². The highest BCUT2D eigenvalue weighted by Crippen LogP contribution is 2.48. The summed E-state index contributed by atoms with van der Waals surface area (Å²) in [5.41, 5.74) is 10.3. The Bertz CT molecular complexity index is 1310. The molecule has 0 amide bonds. The molecule has 0 unspecified atom stereocenters. The van der Waals surface area contributed by atoms with Gasteiger partial charge in [-0.1, -0.05) is 78.9 Å². The van der Waals surface area contributed by atoms with Gasteiger partial charge >= 0.3 is 0 Å². The van der Waals surface area contributed by atoms with Crippen molar-refractivity contribution < 1.29 is 0 Å². The van der Waals surface area contributed by atoms with Gasteiger partial charge in [0.1, 0.15) is 0 Å². The van der Waals surface area contributed by atoms with Crippen molar-refractivity contribution in [2.45, 2.75) is 0 Å². The van der Waals surface area contributed by atoms with E-state index in [9.17, 15) is 0 Å². The summed E-state index contributed by atoms with van der Waals surface area (Å²) in [6, 6.07) is 34.8. The van der Waals surface area contributed by atoms with Crippen molar-refractivity contribution in [3.05, 3.63) is 103 Å². The smallest absolute Gasteiger partial charge is 0.0541 e. The van der Waals surface area contributed by atoms with E-state index >= 15 is 0 Å². The highest BCUT2D eigenvalue weighted by molar-refractivity contribution is 6.13. The third kappa shape index (κ3) is 2.00. The molecule has 27 heavy (non-hydrogen) atoms. The highest BCUT2D eigenvalue weighted by Gasteiger charge is 2.23. The molecule has 1 nitrogen and oxygen atoms in total. The summed E-state index contributed by atoms with van der Waals surface area (Å²) in [6.45, 7) is 0. The van der Waals surface area contributed by atoms with E-state index in [1.54, 1.807) is 0 Å². The Balaban J connectivity index is 1.82. The summed E-state index contributed by atoms with van der Waals surface area (Å²) in [5.74, 6) is 0. The Hall–Kier alpha value is -3.58. The summed E-state index contributed by atoms with van der Waals surface area (Å²) >= 11 is 0. The molecule has 0 radical (unpaired) electrons. The van der Waals surface area contributed by atoms with Crippen molar-refractivity contribution in [3.8, 4) is 39.1 Å². The number of para-hydroxylation sites is 1. The first kappa shape index (κ1) is 14.6. The maximum absolute atomic E-state index is 2.32. The minimum absolute atomic E-state index is 1.19. The molecule has 0 saturated heterocycles. The minimum atomic E-state index is 1.19. The van der Waals surface area contributed by atoms with Crippen LogP contribution in [0.5, 0.6) is 0 Å². The molecule has 4 aromatic carbocycles. The second-order valence-corrected chi connectivity index (χ2v) is 7.04. The molecular weight excluding hydrogens is 326 g/mol. The monoisotopic (exact) mass is 343 g/mol. The second-order valence-electron chi connectivity index (χ2n) is 7.04. The Morgan fingerprint density at radius 2 is 0.926 bits per heavy atom. The van der Waals surface area contributed by atoms with Crippen LogP contribution in [0.1, 0.15) is 0 Å². The molecular formula is C26H17N. The normalized spacial score (nSPS) is 11.7. The maximum atomic E-state index is 2.32. The lowest BCUT2D eigenvalue weighted by molar-refractivity contribution is 1.13. The van der Waals surface area contributed by atoms with Gasteiger partial charge in [-0.15, -0.1) is 0 Å². The van der Waals surface area contributed by atoms with Gasteiger partial charge in [0.15, 0.2) is 0 Å². The molecule has 0 N–H and O–H groups in total. The predicted molar refractivity (Wildman–Crippen MR) is 113 cm³/mol. The fraction of sp³-hybridized carbons (Fsp3) is 0. The Morgan fingerprint density at radius 1 is 0.407 bits per heavy atom. The molecule has 1 aliphatic rings. The molecule has 1 heteroatoms. The van der Waals surface area contributed by atoms with Gasteiger partial charge in [0, 0.05) is 22.8 Å². The molecule has 0 saturated carbocycles. The molecule has 0 bridgehead atoms. The first-order valence-electron chi connectivity index (χ1n) is 9.30. The number of fused-ring (bicyclic) bond motifs is 5. The molecule has 1 aliphatic carbocycles. The molecule has 0 fully saturated rings. The SMILES string of the molecule is c1ccc(-n2cc3c4c(cccc42)-c2ccccc2-c2ccccc2-3)cc1. The van der Waals surface area contributed by atoms with Gasteiger partial charge in [0.2, 0.25) is 0 Å². The van der Waals surface area contributed by atoms with Crippen molar-refractivity contribution in [2.24, 2.45) is 0 Å². The van der Waals surface area contributed by atoms with Crippen LogP contribution in [0.15, 0.2) is 103 Å². The first-order chi connectivity index (χ1) is 13.4. The molecule has 0 aliphatic heterocycles. The maximum Gasteiger partial charge on any atom is 0.0541 e.